The number of phenolic OH excluding ortho intramolecular Hbond substituents is 3. The predicted molar refractivity (Wildman–Crippen MR) is 443 cm³/mol. The third-order valence-electron chi connectivity index (χ3n) is 21.5. The van der Waals surface area contributed by atoms with E-state index in [1.54, 1.807) is 20.8 Å². The molecule has 8 heterocycles. The summed E-state index contributed by atoms with van der Waals surface area (Å²) in [7, 11) is 1.46. The van der Waals surface area contributed by atoms with Gasteiger partial charge in [0, 0.05) is 54.5 Å². The van der Waals surface area contributed by atoms with Crippen LogP contribution in [0.4, 0.5) is 18.9 Å². The number of nitrogens with one attached hydrogen (secondary N) is 11. The largest absolute Gasteiger partial charge is 0.573 e. The number of pyridine rings is 1. The Labute approximate surface area is 736 Å². The average Bonchev–Trinajstić information content (AvgIpc) is 0.769. The molecule has 1 aromatic heterocycles. The maximum absolute atomic E-state index is 16.3. The number of carbonyl (C=O) groups excluding carboxylic acids is 9. The summed E-state index contributed by atoms with van der Waals surface area (Å²) in [5, 5.41) is 139. The molecule has 0 saturated carbocycles. The molecule has 44 heteroatoms. The monoisotopic (exact) mass is 1830 g/mol. The molecular formula is C84H92Cl2F3N13O26. The Balaban J connectivity index is 0.997. The maximum atomic E-state index is 16.3. The number of nitrogens with zero attached hydrogens (tertiary/aromatic N) is 1. The number of amides is 9. The number of aliphatic hydroxyl groups excluding tert-OH is 7. The maximum Gasteiger partial charge on any atom is 0.573 e. The Morgan fingerprint density at radius 2 is 1.40 bits per heavy atom. The quantitative estimate of drug-likeness (QED) is 0.0248. The van der Waals surface area contributed by atoms with Crippen molar-refractivity contribution in [3.05, 3.63) is 177 Å². The second-order valence-corrected chi connectivity index (χ2v) is 32.1. The Hall–Kier alpha value is -12.1. The minimum absolute atomic E-state index is 0.0910. The van der Waals surface area contributed by atoms with Crippen LogP contribution < -0.4 is 83.4 Å². The molecule has 684 valence electrons. The van der Waals surface area contributed by atoms with Gasteiger partial charge in [0.05, 0.1) is 59.8 Å². The van der Waals surface area contributed by atoms with E-state index in [4.69, 9.17) is 57.4 Å². The van der Waals surface area contributed by atoms with Crippen LogP contribution in [0.25, 0.3) is 17.2 Å². The number of alkyl halides is 3. The number of hydrogen-bond donors (Lipinski definition) is 22. The first-order chi connectivity index (χ1) is 60.7. The van der Waals surface area contributed by atoms with Gasteiger partial charge in [-0.3, -0.25) is 53.6 Å². The number of hydrazine groups is 1. The zero-order valence-corrected chi connectivity index (χ0v) is 70.0. The fraction of sp³-hybridized carbons (Fsp3) is 0.381. The van der Waals surface area contributed by atoms with E-state index >= 15 is 24.0 Å². The van der Waals surface area contributed by atoms with Crippen LogP contribution in [0.1, 0.15) is 116 Å². The number of halogens is 5. The van der Waals surface area contributed by atoms with Gasteiger partial charge in [-0.25, -0.2) is 5.43 Å². The first kappa shape index (κ1) is 95.0. The number of fused-ring (bicyclic) bond motifs is 15. The van der Waals surface area contributed by atoms with Crippen molar-refractivity contribution in [3.8, 4) is 62.9 Å². The van der Waals surface area contributed by atoms with Crippen molar-refractivity contribution in [2.75, 3.05) is 32.1 Å². The van der Waals surface area contributed by atoms with Crippen molar-refractivity contribution in [3.63, 3.8) is 0 Å². The lowest BCUT2D eigenvalue weighted by molar-refractivity contribution is -0.334. The number of anilines is 1. The van der Waals surface area contributed by atoms with Crippen molar-refractivity contribution in [1.29, 1.82) is 0 Å². The van der Waals surface area contributed by atoms with Gasteiger partial charge in [0.15, 0.2) is 23.9 Å². The summed E-state index contributed by atoms with van der Waals surface area (Å²) in [6.45, 7) is 4.72. The predicted octanol–water partition coefficient (Wildman–Crippen LogP) is 2.41. The Morgan fingerprint density at radius 3 is 2.05 bits per heavy atom. The number of rotatable bonds is 23. The van der Waals surface area contributed by atoms with E-state index in [2.05, 4.69) is 68.4 Å². The van der Waals surface area contributed by atoms with Gasteiger partial charge in [-0.1, -0.05) is 67.4 Å². The van der Waals surface area contributed by atoms with Crippen molar-refractivity contribution < 1.29 is 141 Å². The molecule has 9 amide bonds. The van der Waals surface area contributed by atoms with Gasteiger partial charge >= 0.3 is 6.36 Å². The molecule has 39 nitrogen and oxygen atoms in total. The van der Waals surface area contributed by atoms with Gasteiger partial charge < -0.3 is 138 Å². The summed E-state index contributed by atoms with van der Waals surface area (Å²) in [5.74, 6) is -17.0. The number of likely N-dealkylation sites (N-methyl/N-ethyl adjacent to an activating group) is 1. The molecule has 0 aliphatic carbocycles. The van der Waals surface area contributed by atoms with Crippen molar-refractivity contribution >= 4 is 88.1 Å². The molecule has 128 heavy (non-hydrogen) atoms. The van der Waals surface area contributed by atoms with E-state index in [-0.39, 0.29) is 59.8 Å². The zero-order valence-electron chi connectivity index (χ0n) is 68.5. The van der Waals surface area contributed by atoms with Crippen LogP contribution in [-0.4, -0.2) is 221 Å². The van der Waals surface area contributed by atoms with E-state index in [9.17, 15) is 83.4 Å². The molecule has 2 fully saturated rings. The highest BCUT2D eigenvalue weighted by molar-refractivity contribution is 6.32. The number of aromatic hydroxyl groups is 3. The lowest BCUT2D eigenvalue weighted by Crippen LogP contribution is -2.65. The number of ether oxygens (including phenoxy) is 7. The first-order valence-electron chi connectivity index (χ1n) is 39.8. The molecule has 0 radical (unpaired) electrons. The second kappa shape index (κ2) is 40.5. The van der Waals surface area contributed by atoms with E-state index in [1.807, 2.05) is 0 Å². The Kier molecular flexibility index (Phi) is 30.0. The normalized spacial score (nSPS) is 25.8. The van der Waals surface area contributed by atoms with E-state index in [0.717, 1.165) is 91.0 Å². The molecule has 7 aliphatic rings. The molecule has 23 N–H and O–H groups in total. The van der Waals surface area contributed by atoms with Crippen LogP contribution in [-0.2, 0) is 63.9 Å². The van der Waals surface area contributed by atoms with E-state index < -0.39 is 272 Å². The number of aromatic nitrogens is 1. The van der Waals surface area contributed by atoms with Crippen molar-refractivity contribution in [2.24, 2.45) is 11.7 Å². The summed E-state index contributed by atoms with van der Waals surface area (Å²) in [4.78, 5) is 137. The molecule has 7 aromatic rings. The summed E-state index contributed by atoms with van der Waals surface area (Å²) in [6, 6.07) is 5.62. The molecule has 16 unspecified atom stereocenters. The molecule has 18 atom stereocenters. The fourth-order valence-corrected chi connectivity index (χ4v) is 15.5. The van der Waals surface area contributed by atoms with Gasteiger partial charge in [0.1, 0.15) is 101 Å². The third kappa shape index (κ3) is 22.3. The van der Waals surface area contributed by atoms with Gasteiger partial charge in [-0.15, -0.1) is 13.2 Å². The van der Waals surface area contributed by atoms with Crippen molar-refractivity contribution in [1.82, 2.24) is 58.4 Å². The number of primary amides is 1. The SMILES string of the molecule is CNC(CC(C)C)C(=O)NC1C(=O)NC(CC(N)=O)C(=O)NC2C(=O)NC3C(=O)NC(C(=O)N[C@@H](C(=O)NNCCO)c4cc(O)cc(O)c4-c4cc3ccc4O)C(O)c3ccc(c(Cl)c3)Oc3cc2cc(c3OC2OC(CO)C(O)C(O)C2OC2C[C@@](C)(NCc3cncc(NC(=O)/C=C/c4cccc(OC(F)(F)F)c4)c3)C(O)C(C)O2)Oc2ccc(cc2Cl)C1O. The minimum atomic E-state index is -4.96. The first-order valence-corrected chi connectivity index (χ1v) is 40.6. The van der Waals surface area contributed by atoms with Crippen LogP contribution in [0.15, 0.2) is 128 Å². The number of benzene rings is 6. The highest BCUT2D eigenvalue weighted by atomic mass is 35.5. The number of hydrogen-bond acceptors (Lipinski definition) is 30. The smallest absolute Gasteiger partial charge is 0.508 e. The molecule has 14 rings (SSSR count). The van der Waals surface area contributed by atoms with E-state index in [1.165, 1.54) is 56.7 Å². The standard InChI is InChI=1S/C84H92Cl2F3N13O26/c1-35(2)19-50(91-5)75(115)100-66-68(110)40-11-14-54(48(85)23-40)123-56-25-42-26-57(72(56)127-82-73(71(113)70(112)58(34-104)125-82)126-61-30-83(4,74(114)36(3)122-61)93-32-38-20-43(33-92-31-38)95-60(109)16-9-37-7-6-8-45(21-37)128-84(87,88)89)124-55-15-12-41(24-49(55)86)69(111)67-80(120)99-65(81(121)102-94-17-18-103)47-27-44(105)28-53(107)62(47)46-22-39(10-13-52(46)106)63(77(117)101-67)98-78(118)64(42)97-76(116)51(29-59(90)108)96-79(66)119/h6-16,20-28,31,33,35-36,50-51,58,61,63-71,73-74,82,91,93-94,103-107,110-114H,17-19,29-30,32,34H2,1-5H3,(H2,90,108)(H,95,109)(H,96,119)(H,97,116)(H,98,118)(H,99,120)(H,100,115)(H,101,117)(H,102,121)/b16-9+/t36?,50?,51?,58?,61?,63?,64?,65-,66?,67?,68?,69?,70?,71?,73?,74?,82?,83-/m1/s1. The minimum Gasteiger partial charge on any atom is -0.508 e. The highest BCUT2D eigenvalue weighted by Crippen LogP contribution is 2.50. The topological polar surface area (TPSA) is 592 Å². The average molecular weight is 1830 g/mol. The molecule has 2 saturated heterocycles. The van der Waals surface area contributed by atoms with Gasteiger partial charge in [0.25, 0.3) is 5.91 Å². The fourth-order valence-electron chi connectivity index (χ4n) is 15.1. The van der Waals surface area contributed by atoms with Crippen LogP contribution in [0.2, 0.25) is 10.0 Å². The summed E-state index contributed by atoms with van der Waals surface area (Å²) >= 11 is 14.4. The van der Waals surface area contributed by atoms with Crippen LogP contribution >= 0.6 is 23.2 Å². The molecule has 0 spiro atoms. The molecule has 7 aliphatic heterocycles. The second-order valence-electron chi connectivity index (χ2n) is 31.3. The number of carbonyl (C=O) groups is 9. The Bertz CT molecular complexity index is 5390. The molecular weight excluding hydrogens is 1730 g/mol. The van der Waals surface area contributed by atoms with E-state index in [0.29, 0.717) is 5.56 Å². The highest BCUT2D eigenvalue weighted by Gasteiger charge is 2.53. The lowest BCUT2D eigenvalue weighted by Gasteiger charge is -2.48. The van der Waals surface area contributed by atoms with Gasteiger partial charge in [-0.2, -0.15) is 0 Å². The number of aliphatic hydroxyl groups is 7. The van der Waals surface area contributed by atoms with Crippen LogP contribution in [0.3, 0.4) is 0 Å². The van der Waals surface area contributed by atoms with Gasteiger partial charge in [-0.05, 0) is 151 Å². The third-order valence-corrected chi connectivity index (χ3v) is 22.1. The number of phenols is 3. The van der Waals surface area contributed by atoms with Crippen LogP contribution in [0.5, 0.6) is 51.7 Å². The summed E-state index contributed by atoms with van der Waals surface area (Å²) in [6.07, 6.45) is -19.7. The van der Waals surface area contributed by atoms with Gasteiger partial charge in [0.2, 0.25) is 59.3 Å². The zero-order chi connectivity index (χ0) is 92.7. The molecule has 6 aromatic carbocycles. The lowest BCUT2D eigenvalue weighted by atomic mass is 9.84. The summed E-state index contributed by atoms with van der Waals surface area (Å²) in [5.41, 5.74) is 7.06. The Morgan fingerprint density at radius 1 is 0.734 bits per heavy atom. The summed E-state index contributed by atoms with van der Waals surface area (Å²) < 4.78 is 82.2. The van der Waals surface area contributed by atoms with Crippen LogP contribution in [0, 0.1) is 5.92 Å². The van der Waals surface area contributed by atoms with Crippen molar-refractivity contribution in [2.45, 2.75) is 169 Å². The molecule has 11 bridgehead atoms. The number of nitrogens with two attached hydrogens (primary N) is 1.